The Morgan fingerprint density at radius 2 is 2.20 bits per heavy atom. The van der Waals surface area contributed by atoms with Crippen LogP contribution in [0.1, 0.15) is 19.3 Å². The minimum atomic E-state index is -3.40. The lowest BCUT2D eigenvalue weighted by Crippen LogP contribution is -2.28. The van der Waals surface area contributed by atoms with Crippen LogP contribution in [-0.2, 0) is 14.6 Å². The molecule has 0 N–H and O–H groups in total. The lowest BCUT2D eigenvalue weighted by atomic mass is 10.2. The van der Waals surface area contributed by atoms with E-state index in [0.29, 0.717) is 13.0 Å². The first-order valence-electron chi connectivity index (χ1n) is 4.98. The number of nitrogens with zero attached hydrogens (tertiary/aromatic N) is 1. The molecule has 0 saturated carbocycles. The Bertz CT molecular complexity index is 410. The lowest BCUT2D eigenvalue weighted by molar-refractivity contribution is 0.0659. The van der Waals surface area contributed by atoms with Gasteiger partial charge in [-0.3, -0.25) is 0 Å². The highest BCUT2D eigenvalue weighted by Gasteiger charge is 2.30. The summed E-state index contributed by atoms with van der Waals surface area (Å²) in [4.78, 5) is 3.86. The predicted octanol–water partition coefficient (Wildman–Crippen LogP) is 1.38. The average Bonchev–Trinajstić information content (AvgIpc) is 2.31. The van der Waals surface area contributed by atoms with E-state index in [0.717, 1.165) is 12.8 Å². The zero-order chi connectivity index (χ0) is 10.7. The van der Waals surface area contributed by atoms with Gasteiger partial charge in [0.1, 0.15) is 0 Å². The molecule has 0 bridgehead atoms. The third-order valence-electron chi connectivity index (χ3n) is 2.41. The van der Waals surface area contributed by atoms with Gasteiger partial charge in [-0.1, -0.05) is 6.07 Å². The standard InChI is InChI=1S/C10H13NO3S/c12-15(13,9-5-1-3-7-11-9)10-6-2-4-8-14-10/h1,3,5,7,10H,2,4,6,8H2. The van der Waals surface area contributed by atoms with Crippen LogP contribution in [0, 0.1) is 0 Å². The molecular formula is C10H13NO3S. The Kier molecular flexibility index (Phi) is 3.02. The van der Waals surface area contributed by atoms with Crippen molar-refractivity contribution >= 4 is 9.84 Å². The van der Waals surface area contributed by atoms with Gasteiger partial charge in [0.25, 0.3) is 0 Å². The predicted molar refractivity (Wildman–Crippen MR) is 55.0 cm³/mol. The monoisotopic (exact) mass is 227 g/mol. The van der Waals surface area contributed by atoms with Gasteiger partial charge in [-0.05, 0) is 31.4 Å². The quantitative estimate of drug-likeness (QED) is 0.766. The summed E-state index contributed by atoms with van der Waals surface area (Å²) in [5, 5.41) is 0.108. The molecule has 5 heteroatoms. The molecular weight excluding hydrogens is 214 g/mol. The second-order valence-corrected chi connectivity index (χ2v) is 5.54. The van der Waals surface area contributed by atoms with E-state index in [9.17, 15) is 8.42 Å². The molecule has 2 heterocycles. The third kappa shape index (κ3) is 2.18. The van der Waals surface area contributed by atoms with Gasteiger partial charge in [0.05, 0.1) is 0 Å². The molecule has 1 aromatic rings. The highest BCUT2D eigenvalue weighted by Crippen LogP contribution is 2.22. The van der Waals surface area contributed by atoms with Gasteiger partial charge in [0.15, 0.2) is 10.5 Å². The first-order valence-corrected chi connectivity index (χ1v) is 6.52. The summed E-state index contributed by atoms with van der Waals surface area (Å²) in [5.74, 6) is 0. The van der Waals surface area contributed by atoms with Crippen LogP contribution in [0.5, 0.6) is 0 Å². The summed E-state index contributed by atoms with van der Waals surface area (Å²) in [7, 11) is -3.40. The zero-order valence-corrected chi connectivity index (χ0v) is 9.11. The van der Waals surface area contributed by atoms with Crippen molar-refractivity contribution in [3.8, 4) is 0 Å². The van der Waals surface area contributed by atoms with E-state index in [1.807, 2.05) is 0 Å². The number of rotatable bonds is 2. The molecule has 0 radical (unpaired) electrons. The van der Waals surface area contributed by atoms with E-state index in [4.69, 9.17) is 4.74 Å². The molecule has 1 aliphatic heterocycles. The Balaban J connectivity index is 2.26. The minimum Gasteiger partial charge on any atom is -0.362 e. The van der Waals surface area contributed by atoms with Gasteiger partial charge in [0, 0.05) is 12.8 Å². The molecule has 1 aliphatic rings. The van der Waals surface area contributed by atoms with E-state index >= 15 is 0 Å². The van der Waals surface area contributed by atoms with E-state index in [2.05, 4.69) is 4.98 Å². The van der Waals surface area contributed by atoms with Crippen molar-refractivity contribution in [3.63, 3.8) is 0 Å². The molecule has 1 atom stereocenters. The number of ether oxygens (including phenoxy) is 1. The van der Waals surface area contributed by atoms with Crippen LogP contribution in [0.4, 0.5) is 0 Å². The topological polar surface area (TPSA) is 56.3 Å². The number of aromatic nitrogens is 1. The number of hydrogen-bond acceptors (Lipinski definition) is 4. The summed E-state index contributed by atoms with van der Waals surface area (Å²) >= 11 is 0. The van der Waals surface area contributed by atoms with Crippen molar-refractivity contribution in [2.75, 3.05) is 6.61 Å². The zero-order valence-electron chi connectivity index (χ0n) is 8.30. The van der Waals surface area contributed by atoms with Crippen LogP contribution in [-0.4, -0.2) is 25.4 Å². The highest BCUT2D eigenvalue weighted by molar-refractivity contribution is 7.91. The fraction of sp³-hybridized carbons (Fsp3) is 0.500. The van der Waals surface area contributed by atoms with Crippen LogP contribution in [0.15, 0.2) is 29.4 Å². The molecule has 15 heavy (non-hydrogen) atoms. The van der Waals surface area contributed by atoms with Crippen LogP contribution in [0.2, 0.25) is 0 Å². The van der Waals surface area contributed by atoms with Crippen molar-refractivity contribution in [1.82, 2.24) is 4.98 Å². The molecule has 0 amide bonds. The molecule has 0 spiro atoms. The molecule has 2 rings (SSSR count). The van der Waals surface area contributed by atoms with E-state index in [1.165, 1.54) is 12.3 Å². The van der Waals surface area contributed by atoms with Gasteiger partial charge in [0.2, 0.25) is 9.84 Å². The summed E-state index contributed by atoms with van der Waals surface area (Å²) < 4.78 is 29.3. The fourth-order valence-electron chi connectivity index (χ4n) is 1.61. The van der Waals surface area contributed by atoms with Gasteiger partial charge in [-0.2, -0.15) is 0 Å². The second kappa shape index (κ2) is 4.28. The largest absolute Gasteiger partial charge is 0.362 e. The first kappa shape index (κ1) is 10.6. The third-order valence-corrected chi connectivity index (χ3v) is 4.30. The Morgan fingerprint density at radius 1 is 1.33 bits per heavy atom. The molecule has 82 valence electrons. The van der Waals surface area contributed by atoms with Gasteiger partial charge in [-0.25, -0.2) is 13.4 Å². The van der Waals surface area contributed by atoms with Crippen LogP contribution >= 0.6 is 0 Å². The second-order valence-electron chi connectivity index (χ2n) is 3.51. The molecule has 4 nitrogen and oxygen atoms in total. The summed E-state index contributed by atoms with van der Waals surface area (Å²) in [6.07, 6.45) is 3.89. The fourth-order valence-corrected chi connectivity index (χ4v) is 3.10. The van der Waals surface area contributed by atoms with Crippen molar-refractivity contribution in [2.24, 2.45) is 0 Å². The van der Waals surface area contributed by atoms with E-state index < -0.39 is 15.3 Å². The molecule has 0 aromatic carbocycles. The Labute approximate surface area is 89.2 Å². The van der Waals surface area contributed by atoms with Gasteiger partial charge < -0.3 is 4.74 Å². The molecule has 1 saturated heterocycles. The summed E-state index contributed by atoms with van der Waals surface area (Å²) in [6.45, 7) is 0.525. The lowest BCUT2D eigenvalue weighted by Gasteiger charge is -2.21. The number of hydrogen-bond donors (Lipinski definition) is 0. The van der Waals surface area contributed by atoms with Crippen molar-refractivity contribution in [2.45, 2.75) is 29.7 Å². The van der Waals surface area contributed by atoms with Crippen LogP contribution in [0.25, 0.3) is 0 Å². The van der Waals surface area contributed by atoms with Crippen molar-refractivity contribution in [3.05, 3.63) is 24.4 Å². The van der Waals surface area contributed by atoms with E-state index in [1.54, 1.807) is 12.1 Å². The van der Waals surface area contributed by atoms with Gasteiger partial charge in [-0.15, -0.1) is 0 Å². The maximum Gasteiger partial charge on any atom is 0.222 e. The summed E-state index contributed by atoms with van der Waals surface area (Å²) in [6, 6.07) is 4.87. The van der Waals surface area contributed by atoms with Crippen molar-refractivity contribution in [1.29, 1.82) is 0 Å². The molecule has 1 aromatic heterocycles. The van der Waals surface area contributed by atoms with Crippen LogP contribution < -0.4 is 0 Å². The normalized spacial score (nSPS) is 22.5. The Hall–Kier alpha value is -0.940. The number of sulfone groups is 1. The minimum absolute atomic E-state index is 0.108. The molecule has 1 unspecified atom stereocenters. The maximum absolute atomic E-state index is 12.0. The average molecular weight is 227 g/mol. The van der Waals surface area contributed by atoms with Gasteiger partial charge >= 0.3 is 0 Å². The smallest absolute Gasteiger partial charge is 0.222 e. The van der Waals surface area contributed by atoms with E-state index in [-0.39, 0.29) is 5.03 Å². The molecule has 1 fully saturated rings. The Morgan fingerprint density at radius 3 is 2.80 bits per heavy atom. The highest BCUT2D eigenvalue weighted by atomic mass is 32.2. The van der Waals surface area contributed by atoms with Crippen LogP contribution in [0.3, 0.4) is 0 Å². The molecule has 0 aliphatic carbocycles. The number of pyridine rings is 1. The summed E-state index contributed by atoms with van der Waals surface area (Å²) in [5.41, 5.74) is -0.707. The maximum atomic E-state index is 12.0. The first-order chi connectivity index (χ1) is 7.21. The van der Waals surface area contributed by atoms with Crippen molar-refractivity contribution < 1.29 is 13.2 Å². The SMILES string of the molecule is O=S(=O)(c1ccccn1)C1CCCCO1.